The maximum absolute atomic E-state index is 13.4. The summed E-state index contributed by atoms with van der Waals surface area (Å²) in [4.78, 5) is 63.1. The molecule has 4 rings (SSSR count). The van der Waals surface area contributed by atoms with Gasteiger partial charge >= 0.3 is 23.9 Å². The van der Waals surface area contributed by atoms with Crippen molar-refractivity contribution in [2.24, 2.45) is 0 Å². The molecule has 0 saturated carbocycles. The SMILES string of the molecule is COC(=O)[C@H]1O[C@@H](O[C@H]2[C@H](OC(C)=O)[C@@H](OCc3ccccc3)C(OC(=N)C(Cl)(Cl)Cl)O[C@@H]2COC(C)=O)[C@H](OCc2ccccc2)[C@@H](OC)[C@@H]1OC(=O)CCC(C)=O. The molecule has 2 saturated heterocycles. The molecule has 324 valence electrons. The van der Waals surface area contributed by atoms with Crippen molar-refractivity contribution in [3.05, 3.63) is 71.8 Å². The van der Waals surface area contributed by atoms with Crippen LogP contribution in [0.15, 0.2) is 60.7 Å². The van der Waals surface area contributed by atoms with Gasteiger partial charge in [0.25, 0.3) is 3.79 Å². The lowest BCUT2D eigenvalue weighted by Gasteiger charge is -2.49. The fourth-order valence-electron chi connectivity index (χ4n) is 6.13. The van der Waals surface area contributed by atoms with E-state index in [1.165, 1.54) is 14.0 Å². The summed E-state index contributed by atoms with van der Waals surface area (Å²) in [5, 5.41) is 8.32. The lowest BCUT2D eigenvalue weighted by atomic mass is 9.95. The largest absolute Gasteiger partial charge is 0.467 e. The predicted octanol–water partition coefficient (Wildman–Crippen LogP) is 4.32. The first-order valence-electron chi connectivity index (χ1n) is 18.2. The van der Waals surface area contributed by atoms with Gasteiger partial charge in [0.15, 0.2) is 30.7 Å². The summed E-state index contributed by atoms with van der Waals surface area (Å²) in [6, 6.07) is 17.8. The molecule has 2 heterocycles. The number of Topliss-reactive ketones (excluding diaryl/α,β-unsaturated/α-hetero) is 1. The molecule has 1 N–H and O–H groups in total. The van der Waals surface area contributed by atoms with Crippen LogP contribution in [0, 0.1) is 5.41 Å². The third kappa shape index (κ3) is 14.1. The van der Waals surface area contributed by atoms with Crippen LogP contribution in [0.4, 0.5) is 0 Å². The van der Waals surface area contributed by atoms with Crippen LogP contribution in [0.1, 0.15) is 44.7 Å². The number of esters is 4. The number of carbonyl (C=O) groups excluding carboxylic acids is 5. The minimum absolute atomic E-state index is 0.0776. The molecule has 2 aromatic rings. The van der Waals surface area contributed by atoms with E-state index >= 15 is 0 Å². The fourth-order valence-corrected chi connectivity index (χ4v) is 6.27. The zero-order chi connectivity index (χ0) is 43.3. The monoisotopic (exact) mass is 889 g/mol. The van der Waals surface area contributed by atoms with E-state index in [1.807, 2.05) is 0 Å². The number of ketones is 1. The lowest BCUT2D eigenvalue weighted by molar-refractivity contribution is -0.360. The van der Waals surface area contributed by atoms with Crippen molar-refractivity contribution in [3.8, 4) is 0 Å². The van der Waals surface area contributed by atoms with Gasteiger partial charge in [-0.2, -0.15) is 0 Å². The molecule has 59 heavy (non-hydrogen) atoms. The molecule has 10 atom stereocenters. The van der Waals surface area contributed by atoms with Gasteiger partial charge in [0.1, 0.15) is 36.8 Å². The Bertz CT molecular complexity index is 1730. The summed E-state index contributed by atoms with van der Waals surface area (Å²) in [5.74, 6) is -4.56. The van der Waals surface area contributed by atoms with Gasteiger partial charge in [0, 0.05) is 27.4 Å². The molecular weight excluding hydrogens is 845 g/mol. The zero-order valence-corrected chi connectivity index (χ0v) is 35.0. The normalized spacial score (nSPS) is 26.8. The average Bonchev–Trinajstić information content (AvgIpc) is 3.19. The number of hydrogen-bond acceptors (Lipinski definition) is 17. The van der Waals surface area contributed by atoms with Gasteiger partial charge in [-0.1, -0.05) is 95.5 Å². The Labute approximate surface area is 355 Å². The standard InChI is InChI=1S/C39H46Cl3NO16/c1-21(44)16-17-27(47)56-31-29(49-4)33(52-18-24-12-8-6-9-13-24)37(58-32(31)35(48)50-5)57-28-26(20-51-22(2)45)55-36(59-38(43)39(40,41)42)34(30(28)54-23(3)46)53-19-25-14-10-7-11-15-25/h6-15,26,28-34,36-37,43H,16-20H2,1-5H3/t26-,28-,29+,30+,31+,32+,33-,34-,36?,37-/m1/s1. The minimum Gasteiger partial charge on any atom is -0.467 e. The molecule has 0 bridgehead atoms. The van der Waals surface area contributed by atoms with Crippen LogP contribution < -0.4 is 0 Å². The van der Waals surface area contributed by atoms with E-state index in [4.69, 9.17) is 92.3 Å². The van der Waals surface area contributed by atoms with Crippen LogP contribution in [0.2, 0.25) is 0 Å². The van der Waals surface area contributed by atoms with Crippen molar-refractivity contribution in [1.29, 1.82) is 5.41 Å². The molecule has 0 radical (unpaired) electrons. The van der Waals surface area contributed by atoms with E-state index in [9.17, 15) is 24.0 Å². The Balaban J connectivity index is 1.82. The van der Waals surface area contributed by atoms with Crippen LogP contribution in [-0.2, 0) is 89.3 Å². The topological polar surface area (TPSA) is 211 Å². The second kappa shape index (κ2) is 22.6. The Morgan fingerprint density at radius 3 is 1.75 bits per heavy atom. The van der Waals surface area contributed by atoms with Crippen molar-refractivity contribution in [2.45, 2.75) is 112 Å². The number of carbonyl (C=O) groups is 5. The van der Waals surface area contributed by atoms with E-state index < -0.39 is 102 Å². The molecule has 20 heteroatoms. The third-order valence-electron chi connectivity index (χ3n) is 8.85. The summed E-state index contributed by atoms with van der Waals surface area (Å²) in [5.41, 5.74) is 1.37. The molecular formula is C39H46Cl3NO16. The lowest BCUT2D eigenvalue weighted by Crippen LogP contribution is -2.67. The van der Waals surface area contributed by atoms with Crippen LogP contribution in [0.3, 0.4) is 0 Å². The molecule has 0 amide bonds. The van der Waals surface area contributed by atoms with Gasteiger partial charge in [0.05, 0.1) is 26.7 Å². The van der Waals surface area contributed by atoms with Gasteiger partial charge in [-0.15, -0.1) is 0 Å². The number of ether oxygens (including phenoxy) is 11. The summed E-state index contributed by atoms with van der Waals surface area (Å²) < 4.78 is 62.7. The molecule has 0 aliphatic carbocycles. The van der Waals surface area contributed by atoms with Crippen molar-refractivity contribution in [2.75, 3.05) is 20.8 Å². The highest BCUT2D eigenvalue weighted by Gasteiger charge is 2.58. The molecule has 0 spiro atoms. The minimum atomic E-state index is -2.37. The van der Waals surface area contributed by atoms with E-state index in [0.717, 1.165) is 21.0 Å². The summed E-state index contributed by atoms with van der Waals surface area (Å²) in [6.07, 6.45) is -15.5. The fraction of sp³-hybridized carbons (Fsp3) is 0.538. The van der Waals surface area contributed by atoms with E-state index in [2.05, 4.69) is 0 Å². The maximum atomic E-state index is 13.4. The number of benzene rings is 2. The third-order valence-corrected chi connectivity index (χ3v) is 9.36. The number of alkyl halides is 3. The Morgan fingerprint density at radius 1 is 0.678 bits per heavy atom. The van der Waals surface area contributed by atoms with Gasteiger partial charge in [0.2, 0.25) is 12.2 Å². The second-order valence-corrected chi connectivity index (χ2v) is 15.6. The van der Waals surface area contributed by atoms with E-state index in [0.29, 0.717) is 11.1 Å². The van der Waals surface area contributed by atoms with Crippen molar-refractivity contribution >= 4 is 70.4 Å². The highest BCUT2D eigenvalue weighted by Crippen LogP contribution is 2.37. The van der Waals surface area contributed by atoms with Crippen LogP contribution in [0.5, 0.6) is 0 Å². The van der Waals surface area contributed by atoms with Crippen LogP contribution >= 0.6 is 34.8 Å². The first-order valence-corrected chi connectivity index (χ1v) is 19.4. The summed E-state index contributed by atoms with van der Waals surface area (Å²) >= 11 is 17.9. The Morgan fingerprint density at radius 2 is 1.25 bits per heavy atom. The first-order chi connectivity index (χ1) is 28.0. The van der Waals surface area contributed by atoms with Crippen LogP contribution in [0.25, 0.3) is 0 Å². The Hall–Kier alpha value is -3.91. The van der Waals surface area contributed by atoms with E-state index in [-0.39, 0.29) is 31.8 Å². The smallest absolute Gasteiger partial charge is 0.339 e. The van der Waals surface area contributed by atoms with Gasteiger partial charge in [-0.25, -0.2) is 4.79 Å². The first kappa shape index (κ1) is 47.8. The number of halogens is 3. The quantitative estimate of drug-likeness (QED) is 0.0726. The zero-order valence-electron chi connectivity index (χ0n) is 32.7. The highest BCUT2D eigenvalue weighted by atomic mass is 35.6. The van der Waals surface area contributed by atoms with Gasteiger partial charge in [-0.05, 0) is 18.1 Å². The highest BCUT2D eigenvalue weighted by molar-refractivity contribution is 6.76. The number of methoxy groups -OCH3 is 2. The van der Waals surface area contributed by atoms with Gasteiger partial charge < -0.3 is 56.9 Å². The second-order valence-electron chi connectivity index (χ2n) is 13.3. The molecule has 1 unspecified atom stereocenters. The molecule has 17 nitrogen and oxygen atoms in total. The summed E-state index contributed by atoms with van der Waals surface area (Å²) in [6.45, 7) is 2.81. The Kier molecular flexibility index (Phi) is 18.3. The maximum Gasteiger partial charge on any atom is 0.339 e. The number of hydrogen-bond donors (Lipinski definition) is 1. The molecule has 0 aromatic heterocycles. The van der Waals surface area contributed by atoms with Gasteiger partial charge in [-0.3, -0.25) is 19.8 Å². The van der Waals surface area contributed by atoms with Crippen molar-refractivity contribution in [1.82, 2.24) is 0 Å². The van der Waals surface area contributed by atoms with Crippen LogP contribution in [-0.4, -0.2) is 122 Å². The predicted molar refractivity (Wildman–Crippen MR) is 206 cm³/mol. The van der Waals surface area contributed by atoms with Crippen molar-refractivity contribution < 1.29 is 76.1 Å². The molecule has 2 aromatic carbocycles. The number of nitrogens with one attached hydrogen (secondary N) is 1. The van der Waals surface area contributed by atoms with E-state index in [1.54, 1.807) is 60.7 Å². The van der Waals surface area contributed by atoms with Crippen molar-refractivity contribution in [3.63, 3.8) is 0 Å². The molecule has 2 aliphatic heterocycles. The molecule has 2 fully saturated rings. The summed E-state index contributed by atoms with van der Waals surface area (Å²) in [7, 11) is 2.36. The number of rotatable bonds is 18. The molecule has 2 aliphatic rings. The average molecular weight is 891 g/mol.